The molecule has 0 unspecified atom stereocenters. The second kappa shape index (κ2) is 9.18. The van der Waals surface area contributed by atoms with Gasteiger partial charge in [-0.15, -0.1) is 0 Å². The summed E-state index contributed by atoms with van der Waals surface area (Å²) < 4.78 is 1.89. The molecular weight excluding hydrogens is 394 g/mol. The van der Waals surface area contributed by atoms with Gasteiger partial charge in [-0.2, -0.15) is 5.26 Å². The van der Waals surface area contributed by atoms with Gasteiger partial charge in [-0.1, -0.05) is 43.0 Å². The third-order valence-electron chi connectivity index (χ3n) is 5.31. The van der Waals surface area contributed by atoms with E-state index in [1.54, 1.807) is 12.5 Å². The summed E-state index contributed by atoms with van der Waals surface area (Å²) in [6, 6.07) is 11.0. The van der Waals surface area contributed by atoms with Crippen LogP contribution in [0.15, 0.2) is 48.1 Å². The molecule has 8 heteroatoms. The van der Waals surface area contributed by atoms with Crippen LogP contribution in [0, 0.1) is 11.3 Å². The molecule has 0 fully saturated rings. The number of nitrogens with zero attached hydrogens (tertiary/aromatic N) is 7. The lowest BCUT2D eigenvalue weighted by molar-refractivity contribution is 0.654. The highest BCUT2D eigenvalue weighted by molar-refractivity contribution is 7.98. The number of imidazole rings is 1. The summed E-state index contributed by atoms with van der Waals surface area (Å²) >= 11 is 1.50. The van der Waals surface area contributed by atoms with E-state index in [0.29, 0.717) is 16.5 Å². The Labute approximate surface area is 181 Å². The van der Waals surface area contributed by atoms with E-state index < -0.39 is 0 Å². The van der Waals surface area contributed by atoms with Crippen molar-refractivity contribution in [1.29, 1.82) is 5.26 Å². The Morgan fingerprint density at radius 1 is 1.17 bits per heavy atom. The smallest absolute Gasteiger partial charge is 0.191 e. The molecule has 2 aromatic heterocycles. The van der Waals surface area contributed by atoms with Crippen molar-refractivity contribution in [3.8, 4) is 6.07 Å². The van der Waals surface area contributed by atoms with Crippen molar-refractivity contribution in [3.05, 3.63) is 59.7 Å². The van der Waals surface area contributed by atoms with Crippen LogP contribution in [0.3, 0.4) is 0 Å². The molecule has 1 aliphatic rings. The average molecular weight is 420 g/mol. The van der Waals surface area contributed by atoms with E-state index in [1.807, 2.05) is 22.1 Å². The molecule has 0 radical (unpaired) electrons. The number of benzene rings is 1. The second-order valence-corrected chi connectivity index (χ2v) is 7.94. The van der Waals surface area contributed by atoms with Crippen LogP contribution in [0.4, 0.5) is 11.6 Å². The lowest BCUT2D eigenvalue weighted by Gasteiger charge is -2.28. The van der Waals surface area contributed by atoms with Gasteiger partial charge in [0.2, 0.25) is 0 Å². The lowest BCUT2D eigenvalue weighted by atomic mass is 10.0. The van der Waals surface area contributed by atoms with E-state index in [9.17, 15) is 5.26 Å². The molecule has 0 aliphatic carbocycles. The molecule has 4 rings (SSSR count). The highest BCUT2D eigenvalue weighted by Crippen LogP contribution is 2.31. The van der Waals surface area contributed by atoms with Gasteiger partial charge in [0.05, 0.1) is 0 Å². The number of fused-ring (bicyclic) bond motifs is 1. The predicted octanol–water partition coefficient (Wildman–Crippen LogP) is 3.55. The topological polar surface area (TPSA) is 73.9 Å². The first kappa shape index (κ1) is 20.2. The highest BCUT2D eigenvalue weighted by atomic mass is 32.2. The summed E-state index contributed by atoms with van der Waals surface area (Å²) in [5.41, 5.74) is 3.27. The molecule has 0 amide bonds. The van der Waals surface area contributed by atoms with E-state index in [-0.39, 0.29) is 0 Å². The van der Waals surface area contributed by atoms with Crippen molar-refractivity contribution < 1.29 is 0 Å². The first-order chi connectivity index (χ1) is 14.7. The van der Waals surface area contributed by atoms with Gasteiger partial charge in [0.15, 0.2) is 16.8 Å². The van der Waals surface area contributed by atoms with E-state index >= 15 is 0 Å². The molecule has 1 aliphatic heterocycles. The van der Waals surface area contributed by atoms with Crippen LogP contribution in [0.2, 0.25) is 0 Å². The van der Waals surface area contributed by atoms with Crippen LogP contribution in [-0.2, 0) is 12.8 Å². The van der Waals surface area contributed by atoms with Gasteiger partial charge in [-0.3, -0.25) is 5.01 Å². The minimum Gasteiger partial charge on any atom is -0.355 e. The van der Waals surface area contributed by atoms with Crippen LogP contribution >= 0.6 is 11.8 Å². The summed E-state index contributed by atoms with van der Waals surface area (Å²) in [6.07, 6.45) is 10.1. The third kappa shape index (κ3) is 3.98. The van der Waals surface area contributed by atoms with E-state index in [1.165, 1.54) is 22.9 Å². The molecule has 0 saturated heterocycles. The third-order valence-corrected chi connectivity index (χ3v) is 5.86. The van der Waals surface area contributed by atoms with Crippen LogP contribution in [-0.4, -0.2) is 45.5 Å². The number of thioether (sulfide) groups is 1. The first-order valence-corrected chi connectivity index (χ1v) is 11.4. The zero-order valence-corrected chi connectivity index (χ0v) is 18.1. The lowest BCUT2D eigenvalue weighted by Crippen LogP contribution is -2.33. The van der Waals surface area contributed by atoms with Gasteiger partial charge in [0.1, 0.15) is 18.0 Å². The van der Waals surface area contributed by atoms with Crippen LogP contribution in [0.25, 0.3) is 0 Å². The average Bonchev–Trinajstić information content (AvgIpc) is 3.23. The van der Waals surface area contributed by atoms with Gasteiger partial charge in [0.25, 0.3) is 0 Å². The monoisotopic (exact) mass is 419 g/mol. The molecule has 3 heterocycles. The summed E-state index contributed by atoms with van der Waals surface area (Å²) in [7, 11) is 0. The molecular formula is C22H25N7S. The van der Waals surface area contributed by atoms with Crippen LogP contribution in [0.1, 0.15) is 30.0 Å². The summed E-state index contributed by atoms with van der Waals surface area (Å²) in [5.74, 6) is 1.36. The fourth-order valence-electron chi connectivity index (χ4n) is 3.84. The van der Waals surface area contributed by atoms with Gasteiger partial charge in [0, 0.05) is 32.0 Å². The minimum absolute atomic E-state index is 0.515. The molecule has 0 bridgehead atoms. The number of anilines is 2. The summed E-state index contributed by atoms with van der Waals surface area (Å²) in [5, 5.41) is 12.8. The Kier molecular flexibility index (Phi) is 6.19. The Hall–Kier alpha value is -3.05. The van der Waals surface area contributed by atoms with Crippen molar-refractivity contribution in [2.24, 2.45) is 0 Å². The van der Waals surface area contributed by atoms with Gasteiger partial charge >= 0.3 is 0 Å². The highest BCUT2D eigenvalue weighted by Gasteiger charge is 2.25. The Balaban J connectivity index is 1.77. The number of hydrogen-bond acceptors (Lipinski definition) is 7. The Morgan fingerprint density at radius 2 is 1.90 bits per heavy atom. The number of nitriles is 1. The number of rotatable bonds is 6. The molecule has 3 aromatic rings. The molecule has 1 aromatic carbocycles. The van der Waals surface area contributed by atoms with Crippen molar-refractivity contribution in [2.45, 2.75) is 31.3 Å². The number of aromatic nitrogens is 4. The normalized spacial score (nSPS) is 13.4. The van der Waals surface area contributed by atoms with Crippen LogP contribution in [0.5, 0.6) is 0 Å². The maximum atomic E-state index is 10.1. The zero-order valence-electron chi connectivity index (χ0n) is 17.3. The summed E-state index contributed by atoms with van der Waals surface area (Å²) in [4.78, 5) is 15.9. The maximum absolute atomic E-state index is 10.1. The predicted molar refractivity (Wildman–Crippen MR) is 120 cm³/mol. The SMILES string of the molecule is CCCN(c1nc(SC)nc(N2CCc3ccccc3CC2)c1C#N)n1ccnc1. The fraction of sp³-hybridized carbons (Fsp3) is 0.364. The molecule has 0 N–H and O–H groups in total. The molecule has 0 spiro atoms. The maximum Gasteiger partial charge on any atom is 0.191 e. The first-order valence-electron chi connectivity index (χ1n) is 10.2. The van der Waals surface area contributed by atoms with Gasteiger partial charge in [-0.05, 0) is 36.6 Å². The van der Waals surface area contributed by atoms with Gasteiger partial charge in [-0.25, -0.2) is 19.6 Å². The Bertz CT molecular complexity index is 1020. The summed E-state index contributed by atoms with van der Waals surface area (Å²) in [6.45, 7) is 4.49. The van der Waals surface area contributed by atoms with E-state index in [2.05, 4.69) is 47.1 Å². The molecule has 0 saturated carbocycles. The van der Waals surface area contributed by atoms with E-state index in [0.717, 1.165) is 44.7 Å². The molecule has 30 heavy (non-hydrogen) atoms. The quantitative estimate of drug-likeness (QED) is 0.447. The van der Waals surface area contributed by atoms with Gasteiger partial charge < -0.3 is 4.90 Å². The second-order valence-electron chi connectivity index (χ2n) is 7.17. The zero-order chi connectivity index (χ0) is 20.9. The molecule has 7 nitrogen and oxygen atoms in total. The van der Waals surface area contributed by atoms with Crippen molar-refractivity contribution in [2.75, 3.05) is 35.8 Å². The van der Waals surface area contributed by atoms with Crippen LogP contribution < -0.4 is 9.91 Å². The standard InChI is InChI=1S/C22H25N7S/c1-3-11-29(28-14-10-24-16-28)21-19(15-23)20(25-22(26-21)30-2)27-12-8-17-6-4-5-7-18(17)9-13-27/h4-7,10,14,16H,3,8-9,11-13H2,1-2H3. The minimum atomic E-state index is 0.515. The molecule has 154 valence electrons. The van der Waals surface area contributed by atoms with E-state index in [4.69, 9.17) is 9.97 Å². The largest absolute Gasteiger partial charge is 0.355 e. The number of hydrogen-bond donors (Lipinski definition) is 0. The van der Waals surface area contributed by atoms with Crippen molar-refractivity contribution in [1.82, 2.24) is 19.6 Å². The van der Waals surface area contributed by atoms with Crippen molar-refractivity contribution >= 4 is 23.4 Å². The molecule has 0 atom stereocenters. The Morgan fingerprint density at radius 3 is 2.47 bits per heavy atom. The van der Waals surface area contributed by atoms with Crippen molar-refractivity contribution in [3.63, 3.8) is 0 Å². The fourth-order valence-corrected chi connectivity index (χ4v) is 4.20.